The van der Waals surface area contributed by atoms with Crippen LogP contribution in [0.4, 0.5) is 0 Å². The number of rotatable bonds is 4. The molecular formula is C8H10ClIN5O3-. The van der Waals surface area contributed by atoms with Crippen molar-refractivity contribution in [1.82, 2.24) is 15.8 Å². The smallest absolute Gasteiger partial charge is 0.292 e. The Balaban J connectivity index is 0.00000289. The van der Waals surface area contributed by atoms with E-state index in [-0.39, 0.29) is 29.9 Å². The van der Waals surface area contributed by atoms with Crippen LogP contribution < -0.4 is 34.8 Å². The van der Waals surface area contributed by atoms with Gasteiger partial charge in [-0.25, -0.2) is 20.6 Å². The van der Waals surface area contributed by atoms with Gasteiger partial charge in [-0.2, -0.15) is 0 Å². The summed E-state index contributed by atoms with van der Waals surface area (Å²) in [5, 5.41) is 15.5. The molecule has 2 N–H and O–H groups in total. The third-order valence-electron chi connectivity index (χ3n) is 1.63. The molecule has 0 saturated carbocycles. The van der Waals surface area contributed by atoms with Gasteiger partial charge in [-0.05, 0) is 11.6 Å². The average Bonchev–Trinajstić information content (AvgIpc) is 2.27. The van der Waals surface area contributed by atoms with Crippen LogP contribution in [0.2, 0.25) is 5.15 Å². The van der Waals surface area contributed by atoms with Crippen molar-refractivity contribution in [3.05, 3.63) is 39.2 Å². The number of hydrazone groups is 1. The molecule has 1 aromatic heterocycles. The first-order chi connectivity index (χ1) is 8.11. The monoisotopic (exact) mass is 386 g/mol. The Hall–Kier alpha value is -1.20. The van der Waals surface area contributed by atoms with E-state index in [4.69, 9.17) is 11.6 Å². The van der Waals surface area contributed by atoms with Crippen LogP contribution in [0.15, 0.2) is 23.4 Å². The number of nitrogens with one attached hydrogen (secondary N) is 2. The largest absolute Gasteiger partial charge is 1.00 e. The number of halogens is 2. The third kappa shape index (κ3) is 6.51. The summed E-state index contributed by atoms with van der Waals surface area (Å²) in [6.45, 7) is 0.299. The molecule has 0 unspecified atom stereocenters. The van der Waals surface area contributed by atoms with E-state index in [9.17, 15) is 10.1 Å². The lowest BCUT2D eigenvalue weighted by atomic mass is 10.3. The van der Waals surface area contributed by atoms with E-state index in [0.29, 0.717) is 11.7 Å². The second-order valence-corrected chi connectivity index (χ2v) is 3.22. The normalized spacial score (nSPS) is 10.4. The van der Waals surface area contributed by atoms with Crippen molar-refractivity contribution in [2.45, 2.75) is 6.54 Å². The maximum absolute atomic E-state index is 10.2. The van der Waals surface area contributed by atoms with Gasteiger partial charge in [-0.1, -0.05) is 17.7 Å². The van der Waals surface area contributed by atoms with Crippen molar-refractivity contribution in [1.29, 1.82) is 0 Å². The number of hydroxylamine groups is 1. The third-order valence-corrected chi connectivity index (χ3v) is 1.85. The molecule has 0 atom stereocenters. The summed E-state index contributed by atoms with van der Waals surface area (Å²) in [4.78, 5) is 18.6. The predicted molar refractivity (Wildman–Crippen MR) is 60.7 cm³/mol. The molecule has 1 aromatic rings. The highest BCUT2D eigenvalue weighted by Gasteiger charge is 2.04. The van der Waals surface area contributed by atoms with E-state index in [2.05, 4.69) is 25.7 Å². The summed E-state index contributed by atoms with van der Waals surface area (Å²) >= 11 is 5.62. The highest BCUT2D eigenvalue weighted by atomic mass is 127. The first-order valence-electron chi connectivity index (χ1n) is 4.48. The van der Waals surface area contributed by atoms with Gasteiger partial charge in [0.05, 0.1) is 7.11 Å². The number of guanidine groups is 1. The lowest BCUT2D eigenvalue weighted by molar-refractivity contribution is -0.485. The molecule has 0 fully saturated rings. The zero-order chi connectivity index (χ0) is 12.7. The molecule has 0 radical (unpaired) electrons. The van der Waals surface area contributed by atoms with Gasteiger partial charge in [0, 0.05) is 12.7 Å². The number of nitrogens with zero attached hydrogens (tertiary/aromatic N) is 3. The van der Waals surface area contributed by atoms with Gasteiger partial charge in [0.1, 0.15) is 10.3 Å². The summed E-state index contributed by atoms with van der Waals surface area (Å²) in [5.74, 6) is -0.104. The predicted octanol–water partition coefficient (Wildman–Crippen LogP) is -2.47. The van der Waals surface area contributed by atoms with Crippen molar-refractivity contribution in [2.24, 2.45) is 5.10 Å². The van der Waals surface area contributed by atoms with Crippen LogP contribution in [0.1, 0.15) is 5.56 Å². The molecule has 0 spiro atoms. The molecule has 1 heterocycles. The van der Waals surface area contributed by atoms with Crippen LogP contribution >= 0.6 is 11.6 Å². The molecule has 0 aliphatic carbocycles. The van der Waals surface area contributed by atoms with Gasteiger partial charge in [0.2, 0.25) is 0 Å². The first-order valence-corrected chi connectivity index (χ1v) is 4.86. The molecular weight excluding hydrogens is 376 g/mol. The summed E-state index contributed by atoms with van der Waals surface area (Å²) in [6, 6.07) is 3.35. The molecule has 10 heteroatoms. The van der Waals surface area contributed by atoms with Crippen LogP contribution in [-0.2, 0) is 11.4 Å². The fourth-order valence-electron chi connectivity index (χ4n) is 0.967. The summed E-state index contributed by atoms with van der Waals surface area (Å²) in [5.41, 5.74) is 3.04. The van der Waals surface area contributed by atoms with E-state index < -0.39 is 5.03 Å². The first kappa shape index (κ1) is 16.8. The maximum atomic E-state index is 10.2. The fraction of sp³-hybridized carbons (Fsp3) is 0.250. The number of hydrogen-bond donors (Lipinski definition) is 2. The zero-order valence-corrected chi connectivity index (χ0v) is 12.2. The summed E-state index contributed by atoms with van der Waals surface area (Å²) < 4.78 is 0. The molecule has 0 bridgehead atoms. The minimum atomic E-state index is -0.839. The van der Waals surface area contributed by atoms with Gasteiger partial charge in [-0.15, -0.1) is 0 Å². The molecule has 0 aliphatic heterocycles. The molecule has 100 valence electrons. The van der Waals surface area contributed by atoms with Crippen LogP contribution in [0.5, 0.6) is 0 Å². The zero-order valence-electron chi connectivity index (χ0n) is 9.26. The van der Waals surface area contributed by atoms with Gasteiger partial charge in [-0.3, -0.25) is 4.84 Å². The maximum Gasteiger partial charge on any atom is 0.292 e. The number of aromatic nitrogens is 1. The minimum Gasteiger partial charge on any atom is -1.00 e. The highest BCUT2D eigenvalue weighted by molar-refractivity contribution is 6.29. The Morgan fingerprint density at radius 1 is 1.67 bits per heavy atom. The summed E-state index contributed by atoms with van der Waals surface area (Å²) in [7, 11) is 1.32. The van der Waals surface area contributed by atoms with Crippen molar-refractivity contribution >= 4 is 17.6 Å². The molecule has 8 nitrogen and oxygen atoms in total. The van der Waals surface area contributed by atoms with Crippen molar-refractivity contribution < 1.29 is 33.8 Å². The van der Waals surface area contributed by atoms with E-state index >= 15 is 0 Å². The van der Waals surface area contributed by atoms with Crippen LogP contribution in [0.3, 0.4) is 0 Å². The lowest BCUT2D eigenvalue weighted by Crippen LogP contribution is -3.00. The van der Waals surface area contributed by atoms with Crippen LogP contribution in [0.25, 0.3) is 0 Å². The van der Waals surface area contributed by atoms with Gasteiger partial charge in [0.15, 0.2) is 5.03 Å². The summed E-state index contributed by atoms with van der Waals surface area (Å²) in [6.07, 6.45) is 1.55. The number of pyridine rings is 1. The van der Waals surface area contributed by atoms with E-state index in [1.807, 2.05) is 0 Å². The molecule has 18 heavy (non-hydrogen) atoms. The Labute approximate surface area is 125 Å². The SMILES string of the molecule is CON/C(=N\[N+](=O)[O-])NCc1ccc(Cl)nc1.[I-]. The van der Waals surface area contributed by atoms with Gasteiger partial charge in [0.25, 0.3) is 5.96 Å². The quantitative estimate of drug-likeness (QED) is 0.148. The Kier molecular flexibility index (Phi) is 8.24. The van der Waals surface area contributed by atoms with Gasteiger partial charge < -0.3 is 29.3 Å². The number of nitro groups is 1. The second kappa shape index (κ2) is 8.83. The minimum absolute atomic E-state index is 0. The molecule has 0 aliphatic rings. The van der Waals surface area contributed by atoms with Crippen LogP contribution in [-0.4, -0.2) is 23.1 Å². The Morgan fingerprint density at radius 3 is 2.89 bits per heavy atom. The Morgan fingerprint density at radius 2 is 2.39 bits per heavy atom. The lowest BCUT2D eigenvalue weighted by Gasteiger charge is -2.07. The topological polar surface area (TPSA) is 102 Å². The van der Waals surface area contributed by atoms with Crippen molar-refractivity contribution in [3.63, 3.8) is 0 Å². The average molecular weight is 387 g/mol. The van der Waals surface area contributed by atoms with E-state index in [1.165, 1.54) is 7.11 Å². The standard InChI is InChI=1S/C8H10ClN5O3.HI/c1-17-13-8(12-14(15)16)11-5-6-2-3-7(9)10-4-6;/h2-4H,5H2,1H3,(H2,11,12,13);1H/p-1. The van der Waals surface area contributed by atoms with Crippen molar-refractivity contribution in [2.75, 3.05) is 7.11 Å². The van der Waals surface area contributed by atoms with Crippen LogP contribution in [0, 0.1) is 10.1 Å². The van der Waals surface area contributed by atoms with Gasteiger partial charge >= 0.3 is 0 Å². The molecule has 0 amide bonds. The molecule has 0 saturated heterocycles. The number of hydrogen-bond acceptors (Lipinski definition) is 4. The van der Waals surface area contributed by atoms with E-state index in [1.54, 1.807) is 18.3 Å². The molecule has 0 aromatic carbocycles. The second-order valence-electron chi connectivity index (χ2n) is 2.84. The molecule has 1 rings (SSSR count). The fourth-order valence-corrected chi connectivity index (χ4v) is 1.08. The highest BCUT2D eigenvalue weighted by Crippen LogP contribution is 2.04. The Bertz CT molecular complexity index is 414. The van der Waals surface area contributed by atoms with E-state index in [0.717, 1.165) is 5.56 Å². The van der Waals surface area contributed by atoms with Crippen molar-refractivity contribution in [3.8, 4) is 0 Å².